The summed E-state index contributed by atoms with van der Waals surface area (Å²) >= 11 is 0. The Labute approximate surface area is 73.8 Å². The summed E-state index contributed by atoms with van der Waals surface area (Å²) in [5.74, 6) is 0. The summed E-state index contributed by atoms with van der Waals surface area (Å²) in [4.78, 5) is 7.67. The Hall–Kier alpha value is -1.12. The van der Waals surface area contributed by atoms with Gasteiger partial charge in [0.1, 0.15) is 0 Å². The van der Waals surface area contributed by atoms with Crippen LogP contribution in [0, 0.1) is 0 Å². The Morgan fingerprint density at radius 1 is 1.17 bits per heavy atom. The van der Waals surface area contributed by atoms with Crippen LogP contribution in [-0.2, 0) is 0 Å². The van der Waals surface area contributed by atoms with Gasteiger partial charge in [-0.1, -0.05) is 20.3 Å². The van der Waals surface area contributed by atoms with Crippen molar-refractivity contribution in [2.24, 2.45) is 0 Å². The van der Waals surface area contributed by atoms with Crippen molar-refractivity contribution in [3.8, 4) is 6.01 Å². The van der Waals surface area contributed by atoms with Crippen molar-refractivity contribution in [2.75, 3.05) is 6.61 Å². The maximum atomic E-state index is 4.98. The minimum absolute atomic E-state index is 0.444. The molecule has 0 saturated carbocycles. The standard InChI is InChI=1S/C6H8N2O.C3H8/c1-2-9-6-7-4-3-5-8-6;1-3-2/h3-5H,2H2,1H3;3H2,1-2H3. The molecule has 0 fully saturated rings. The summed E-state index contributed by atoms with van der Waals surface area (Å²) in [6.07, 6.45) is 4.55. The van der Waals surface area contributed by atoms with Gasteiger partial charge in [-0.25, -0.2) is 9.97 Å². The van der Waals surface area contributed by atoms with E-state index in [-0.39, 0.29) is 0 Å². The van der Waals surface area contributed by atoms with Gasteiger partial charge < -0.3 is 4.74 Å². The van der Waals surface area contributed by atoms with Gasteiger partial charge >= 0.3 is 6.01 Å². The average molecular weight is 168 g/mol. The van der Waals surface area contributed by atoms with E-state index in [1.807, 2.05) is 6.92 Å². The molecule has 0 aliphatic heterocycles. The molecule has 0 atom stereocenters. The van der Waals surface area contributed by atoms with E-state index in [9.17, 15) is 0 Å². The molecule has 0 aromatic carbocycles. The Morgan fingerprint density at radius 3 is 2.08 bits per heavy atom. The van der Waals surface area contributed by atoms with Crippen LogP contribution in [0.5, 0.6) is 6.01 Å². The molecule has 3 heteroatoms. The summed E-state index contributed by atoms with van der Waals surface area (Å²) in [6, 6.07) is 2.20. The maximum absolute atomic E-state index is 4.98. The molecule has 0 unspecified atom stereocenters. The van der Waals surface area contributed by atoms with E-state index in [0.717, 1.165) is 0 Å². The first-order valence-electron chi connectivity index (χ1n) is 4.24. The molecule has 0 radical (unpaired) electrons. The molecule has 1 aromatic heterocycles. The smallest absolute Gasteiger partial charge is 0.316 e. The topological polar surface area (TPSA) is 35.0 Å². The highest BCUT2D eigenvalue weighted by Gasteiger charge is 1.87. The fourth-order valence-corrected chi connectivity index (χ4v) is 0.489. The van der Waals surface area contributed by atoms with Gasteiger partial charge in [0.05, 0.1) is 6.61 Å². The predicted molar refractivity (Wildman–Crippen MR) is 49.2 cm³/mol. The summed E-state index contributed by atoms with van der Waals surface area (Å²) in [5, 5.41) is 0. The van der Waals surface area contributed by atoms with Gasteiger partial charge in [-0.05, 0) is 13.0 Å². The maximum Gasteiger partial charge on any atom is 0.316 e. The predicted octanol–water partition coefficient (Wildman–Crippen LogP) is 2.29. The lowest BCUT2D eigenvalue weighted by Crippen LogP contribution is -1.95. The normalized spacial score (nSPS) is 8.25. The molecule has 0 amide bonds. The van der Waals surface area contributed by atoms with Crippen LogP contribution in [0.25, 0.3) is 0 Å². The van der Waals surface area contributed by atoms with Gasteiger partial charge in [0, 0.05) is 12.4 Å². The molecule has 12 heavy (non-hydrogen) atoms. The van der Waals surface area contributed by atoms with Gasteiger partial charge in [-0.2, -0.15) is 0 Å². The number of hydrogen-bond donors (Lipinski definition) is 0. The molecule has 0 aliphatic carbocycles. The lowest BCUT2D eigenvalue weighted by Gasteiger charge is -1.95. The van der Waals surface area contributed by atoms with E-state index in [4.69, 9.17) is 4.74 Å². The van der Waals surface area contributed by atoms with Crippen LogP contribution in [0.4, 0.5) is 0 Å². The van der Waals surface area contributed by atoms with Crippen molar-refractivity contribution in [1.82, 2.24) is 9.97 Å². The molecule has 68 valence electrons. The largest absolute Gasteiger partial charge is 0.464 e. The molecule has 0 aliphatic rings. The van der Waals surface area contributed by atoms with Crippen LogP contribution in [-0.4, -0.2) is 16.6 Å². The molecule has 1 rings (SSSR count). The molecule has 0 N–H and O–H groups in total. The van der Waals surface area contributed by atoms with Gasteiger partial charge in [-0.15, -0.1) is 0 Å². The fraction of sp³-hybridized carbons (Fsp3) is 0.556. The van der Waals surface area contributed by atoms with E-state index in [1.54, 1.807) is 18.5 Å². The highest BCUT2D eigenvalue weighted by Crippen LogP contribution is 1.95. The van der Waals surface area contributed by atoms with Crippen molar-refractivity contribution in [3.63, 3.8) is 0 Å². The first-order chi connectivity index (χ1) is 5.85. The van der Waals surface area contributed by atoms with Crippen LogP contribution in [0.15, 0.2) is 18.5 Å². The lowest BCUT2D eigenvalue weighted by atomic mass is 10.6. The zero-order chi connectivity index (χ0) is 9.23. The highest BCUT2D eigenvalue weighted by atomic mass is 16.5. The number of hydrogen-bond acceptors (Lipinski definition) is 3. The highest BCUT2D eigenvalue weighted by molar-refractivity contribution is 4.92. The van der Waals surface area contributed by atoms with Gasteiger partial charge in [0.2, 0.25) is 0 Å². The number of rotatable bonds is 2. The molecule has 0 bridgehead atoms. The van der Waals surface area contributed by atoms with Gasteiger partial charge in [0.25, 0.3) is 0 Å². The SMILES string of the molecule is CCC.CCOc1ncccn1. The first-order valence-corrected chi connectivity index (χ1v) is 4.24. The average Bonchev–Trinajstić information content (AvgIpc) is 2.08. The van der Waals surface area contributed by atoms with E-state index >= 15 is 0 Å². The Balaban J connectivity index is 0.000000354. The van der Waals surface area contributed by atoms with E-state index in [0.29, 0.717) is 12.6 Å². The van der Waals surface area contributed by atoms with Crippen molar-refractivity contribution in [3.05, 3.63) is 18.5 Å². The summed E-state index contributed by atoms with van der Waals surface area (Å²) in [5.41, 5.74) is 0. The number of ether oxygens (including phenoxy) is 1. The summed E-state index contributed by atoms with van der Waals surface area (Å²) in [6.45, 7) is 6.76. The number of nitrogens with zero attached hydrogens (tertiary/aromatic N) is 2. The third kappa shape index (κ3) is 5.65. The zero-order valence-electron chi connectivity index (χ0n) is 7.95. The second-order valence-electron chi connectivity index (χ2n) is 2.17. The van der Waals surface area contributed by atoms with Crippen LogP contribution in [0.2, 0.25) is 0 Å². The first kappa shape index (κ1) is 10.9. The third-order valence-electron chi connectivity index (χ3n) is 0.816. The lowest BCUT2D eigenvalue weighted by molar-refractivity contribution is 0.312. The van der Waals surface area contributed by atoms with Crippen LogP contribution >= 0.6 is 0 Å². The Kier molecular flexibility index (Phi) is 7.24. The fourth-order valence-electron chi connectivity index (χ4n) is 0.489. The molecule has 0 saturated heterocycles. The van der Waals surface area contributed by atoms with E-state index < -0.39 is 0 Å². The Bertz CT molecular complexity index is 177. The van der Waals surface area contributed by atoms with E-state index in [1.165, 1.54) is 6.42 Å². The monoisotopic (exact) mass is 168 g/mol. The molecule has 1 heterocycles. The third-order valence-corrected chi connectivity index (χ3v) is 0.816. The van der Waals surface area contributed by atoms with Gasteiger partial charge in [-0.3, -0.25) is 0 Å². The second kappa shape index (κ2) is 7.98. The molecule has 3 nitrogen and oxygen atoms in total. The molecule has 0 spiro atoms. The van der Waals surface area contributed by atoms with E-state index in [2.05, 4.69) is 23.8 Å². The molecular weight excluding hydrogens is 152 g/mol. The molecule has 1 aromatic rings. The van der Waals surface area contributed by atoms with Crippen molar-refractivity contribution < 1.29 is 4.74 Å². The second-order valence-corrected chi connectivity index (χ2v) is 2.17. The van der Waals surface area contributed by atoms with Crippen LogP contribution in [0.3, 0.4) is 0 Å². The van der Waals surface area contributed by atoms with Crippen molar-refractivity contribution in [1.29, 1.82) is 0 Å². The minimum Gasteiger partial charge on any atom is -0.464 e. The quantitative estimate of drug-likeness (QED) is 0.679. The van der Waals surface area contributed by atoms with Crippen LogP contribution in [0.1, 0.15) is 27.2 Å². The zero-order valence-corrected chi connectivity index (χ0v) is 7.95. The van der Waals surface area contributed by atoms with Crippen molar-refractivity contribution >= 4 is 0 Å². The summed E-state index contributed by atoms with van der Waals surface area (Å²) in [7, 11) is 0. The van der Waals surface area contributed by atoms with Crippen molar-refractivity contribution in [2.45, 2.75) is 27.2 Å². The summed E-state index contributed by atoms with van der Waals surface area (Å²) < 4.78 is 4.98. The van der Waals surface area contributed by atoms with Crippen LogP contribution < -0.4 is 4.74 Å². The minimum atomic E-state index is 0.444. The van der Waals surface area contributed by atoms with Gasteiger partial charge in [0.15, 0.2) is 0 Å². The molecular formula is C9H16N2O. The Morgan fingerprint density at radius 2 is 1.67 bits per heavy atom. The number of aromatic nitrogens is 2.